The van der Waals surface area contributed by atoms with E-state index < -0.39 is 17.1 Å². The molecule has 3 heterocycles. The minimum atomic E-state index is -0.946. The maximum absolute atomic E-state index is 13.2. The summed E-state index contributed by atoms with van der Waals surface area (Å²) >= 11 is 0. The van der Waals surface area contributed by atoms with Crippen molar-refractivity contribution in [3.63, 3.8) is 0 Å². The molecule has 1 saturated heterocycles. The lowest BCUT2D eigenvalue weighted by Crippen LogP contribution is -2.78. The molecule has 2 unspecified atom stereocenters. The molecular formula is C29H34N2O5. The van der Waals surface area contributed by atoms with Gasteiger partial charge in [-0.15, -0.1) is 0 Å². The van der Waals surface area contributed by atoms with Gasteiger partial charge in [0.2, 0.25) is 5.91 Å². The van der Waals surface area contributed by atoms with Crippen molar-refractivity contribution in [3.8, 4) is 11.5 Å². The molecule has 7 nitrogen and oxygen atoms in total. The van der Waals surface area contributed by atoms with Gasteiger partial charge in [0.1, 0.15) is 6.10 Å². The van der Waals surface area contributed by atoms with Crippen molar-refractivity contribution in [1.29, 1.82) is 0 Å². The lowest BCUT2D eigenvalue weighted by atomic mass is 9.48. The van der Waals surface area contributed by atoms with Crippen LogP contribution in [0.25, 0.3) is 6.08 Å². The molecule has 2 N–H and O–H groups in total. The van der Waals surface area contributed by atoms with E-state index in [4.69, 9.17) is 9.15 Å². The van der Waals surface area contributed by atoms with Crippen LogP contribution < -0.4 is 4.74 Å². The standard InChI is InChI=1S/C29H34N2O5/c1-30(24(33)8-5-19-10-14-35-17-19)21-9-11-29(34)23-15-20-6-7-22(32)26-25(20)28(29,27(21)36-26)12-13-31(23)16-18-3-2-4-18/h5-8,10,14,17-18,21,23,27,32,34H,2-4,9,11-13,15-16H2,1H3/b8-5+/t21?,23-,27?,28+,29-/m1/s1. The van der Waals surface area contributed by atoms with Crippen molar-refractivity contribution < 1.29 is 24.2 Å². The van der Waals surface area contributed by atoms with Crippen LogP contribution in [0.3, 0.4) is 0 Å². The SMILES string of the molecule is CN(C(=O)/C=C/c1ccoc1)C1CC[C@@]2(O)[C@H]3Cc4ccc(O)c5c4[C@@]2(CCN3CC2CCC2)C1O5. The number of hydrogen-bond donors (Lipinski definition) is 2. The van der Waals surface area contributed by atoms with E-state index in [0.717, 1.165) is 43.0 Å². The van der Waals surface area contributed by atoms with E-state index in [1.807, 2.05) is 19.2 Å². The molecule has 1 spiro atoms. The number of benzene rings is 1. The lowest BCUT2D eigenvalue weighted by Gasteiger charge is -2.65. The number of hydrogen-bond acceptors (Lipinski definition) is 6. The number of likely N-dealkylation sites (N-methyl/N-ethyl adjacent to an activating group) is 1. The molecular weight excluding hydrogens is 456 g/mol. The minimum Gasteiger partial charge on any atom is -0.504 e. The Morgan fingerprint density at radius 1 is 1.25 bits per heavy atom. The molecule has 7 heteroatoms. The van der Waals surface area contributed by atoms with Gasteiger partial charge in [0.05, 0.1) is 29.6 Å². The highest BCUT2D eigenvalue weighted by molar-refractivity contribution is 5.91. The molecule has 1 amide bonds. The molecule has 1 aromatic heterocycles. The summed E-state index contributed by atoms with van der Waals surface area (Å²) in [6, 6.07) is 5.39. The number of likely N-dealkylation sites (tertiary alicyclic amines) is 1. The third-order valence-corrected chi connectivity index (χ3v) is 10.1. The van der Waals surface area contributed by atoms with Crippen LogP contribution in [0, 0.1) is 5.92 Å². The lowest BCUT2D eigenvalue weighted by molar-refractivity contribution is -0.201. The molecule has 3 fully saturated rings. The average molecular weight is 491 g/mol. The third-order valence-electron chi connectivity index (χ3n) is 10.1. The summed E-state index contributed by atoms with van der Waals surface area (Å²) < 4.78 is 11.7. The first kappa shape index (κ1) is 22.4. The number of ether oxygens (including phenoxy) is 1. The van der Waals surface area contributed by atoms with Gasteiger partial charge in [-0.2, -0.15) is 0 Å². The van der Waals surface area contributed by atoms with Crippen LogP contribution in [0.2, 0.25) is 0 Å². The fourth-order valence-electron chi connectivity index (χ4n) is 8.05. The van der Waals surface area contributed by atoms with E-state index in [1.54, 1.807) is 35.6 Å². The predicted octanol–water partition coefficient (Wildman–Crippen LogP) is 3.48. The van der Waals surface area contributed by atoms with E-state index in [2.05, 4.69) is 4.90 Å². The zero-order valence-electron chi connectivity index (χ0n) is 20.7. The molecule has 1 aromatic carbocycles. The topological polar surface area (TPSA) is 86.4 Å². The maximum Gasteiger partial charge on any atom is 0.246 e. The van der Waals surface area contributed by atoms with Crippen LogP contribution in [0.1, 0.15) is 55.2 Å². The Hall–Kier alpha value is -2.77. The third kappa shape index (κ3) is 2.90. The number of phenols is 1. The summed E-state index contributed by atoms with van der Waals surface area (Å²) in [6.45, 7) is 1.96. The monoisotopic (exact) mass is 490 g/mol. The Labute approximate surface area is 211 Å². The fourth-order valence-corrected chi connectivity index (χ4v) is 8.05. The minimum absolute atomic E-state index is 0.0314. The van der Waals surface area contributed by atoms with Crippen molar-refractivity contribution in [3.05, 3.63) is 53.5 Å². The van der Waals surface area contributed by atoms with Gasteiger partial charge in [-0.3, -0.25) is 9.69 Å². The van der Waals surface area contributed by atoms with Crippen molar-refractivity contribution in [2.45, 2.75) is 74.1 Å². The Morgan fingerprint density at radius 2 is 2.11 bits per heavy atom. The summed E-state index contributed by atoms with van der Waals surface area (Å²) in [4.78, 5) is 17.5. The summed E-state index contributed by atoms with van der Waals surface area (Å²) in [5, 5.41) is 23.4. The molecule has 5 atom stereocenters. The Bertz CT molecular complexity index is 1220. The van der Waals surface area contributed by atoms with Crippen LogP contribution in [0.4, 0.5) is 0 Å². The number of amides is 1. The van der Waals surface area contributed by atoms with Crippen LogP contribution in [0.5, 0.6) is 11.5 Å². The Kier molecular flexibility index (Phi) is 4.90. The van der Waals surface area contributed by atoms with Gasteiger partial charge in [-0.05, 0) is 74.8 Å². The number of aromatic hydroxyl groups is 1. The number of phenolic OH excluding ortho intramolecular Hbond substituents is 1. The highest BCUT2D eigenvalue weighted by Crippen LogP contribution is 2.65. The second-order valence-electron chi connectivity index (χ2n) is 11.6. The van der Waals surface area contributed by atoms with Gasteiger partial charge in [-0.1, -0.05) is 12.5 Å². The van der Waals surface area contributed by atoms with Gasteiger partial charge in [0.15, 0.2) is 11.5 Å². The van der Waals surface area contributed by atoms with E-state index >= 15 is 0 Å². The summed E-state index contributed by atoms with van der Waals surface area (Å²) in [5.41, 5.74) is 1.43. The van der Waals surface area contributed by atoms with Gasteiger partial charge in [0, 0.05) is 36.8 Å². The van der Waals surface area contributed by atoms with Crippen molar-refractivity contribution >= 4 is 12.0 Å². The van der Waals surface area contributed by atoms with Gasteiger partial charge < -0.3 is 24.3 Å². The number of rotatable bonds is 5. The van der Waals surface area contributed by atoms with E-state index in [1.165, 1.54) is 24.8 Å². The summed E-state index contributed by atoms with van der Waals surface area (Å²) in [6.07, 6.45) is 12.8. The Morgan fingerprint density at radius 3 is 2.86 bits per heavy atom. The molecule has 7 rings (SSSR count). The fraction of sp³-hybridized carbons (Fsp3) is 0.552. The molecule has 190 valence electrons. The first-order valence-corrected chi connectivity index (χ1v) is 13.4. The average Bonchev–Trinajstić information content (AvgIpc) is 3.48. The molecule has 2 bridgehead atoms. The van der Waals surface area contributed by atoms with Gasteiger partial charge in [-0.25, -0.2) is 0 Å². The first-order chi connectivity index (χ1) is 17.4. The number of aliphatic hydroxyl groups is 1. The molecule has 2 aromatic rings. The van der Waals surface area contributed by atoms with Crippen molar-refractivity contribution in [1.82, 2.24) is 9.80 Å². The highest BCUT2D eigenvalue weighted by atomic mass is 16.5. The molecule has 2 saturated carbocycles. The number of nitrogens with zero attached hydrogens (tertiary/aromatic N) is 2. The summed E-state index contributed by atoms with van der Waals surface area (Å²) in [7, 11) is 1.83. The van der Waals surface area contributed by atoms with Crippen LogP contribution in [0.15, 0.2) is 41.2 Å². The van der Waals surface area contributed by atoms with Gasteiger partial charge >= 0.3 is 0 Å². The van der Waals surface area contributed by atoms with Crippen LogP contribution in [-0.4, -0.2) is 69.8 Å². The second kappa shape index (κ2) is 7.86. The van der Waals surface area contributed by atoms with Crippen LogP contribution >= 0.6 is 0 Å². The first-order valence-electron chi connectivity index (χ1n) is 13.4. The maximum atomic E-state index is 13.2. The molecule has 5 aliphatic rings. The predicted molar refractivity (Wildman–Crippen MR) is 134 cm³/mol. The Balaban J connectivity index is 1.26. The summed E-state index contributed by atoms with van der Waals surface area (Å²) in [5.74, 6) is 1.27. The van der Waals surface area contributed by atoms with E-state index in [9.17, 15) is 15.0 Å². The highest BCUT2D eigenvalue weighted by Gasteiger charge is 2.73. The molecule has 3 aliphatic carbocycles. The number of furan rings is 1. The van der Waals surface area contributed by atoms with Crippen molar-refractivity contribution in [2.24, 2.45) is 5.92 Å². The van der Waals surface area contributed by atoms with Crippen molar-refractivity contribution in [2.75, 3.05) is 20.1 Å². The number of carbonyl (C=O) groups excluding carboxylic acids is 1. The number of carbonyl (C=O) groups is 1. The molecule has 36 heavy (non-hydrogen) atoms. The normalized spacial score (nSPS) is 34.8. The molecule has 2 aliphatic heterocycles. The zero-order valence-corrected chi connectivity index (χ0v) is 20.7. The van der Waals surface area contributed by atoms with Crippen LogP contribution in [-0.2, 0) is 16.6 Å². The largest absolute Gasteiger partial charge is 0.504 e. The van der Waals surface area contributed by atoms with E-state index in [0.29, 0.717) is 18.6 Å². The van der Waals surface area contributed by atoms with E-state index in [-0.39, 0.29) is 23.7 Å². The molecule has 0 radical (unpaired) electrons. The second-order valence-corrected chi connectivity index (χ2v) is 11.6. The van der Waals surface area contributed by atoms with Gasteiger partial charge in [0.25, 0.3) is 0 Å². The quantitative estimate of drug-likeness (QED) is 0.625. The number of piperidine rings is 1. The smallest absolute Gasteiger partial charge is 0.246 e. The zero-order chi connectivity index (χ0) is 24.7.